The summed E-state index contributed by atoms with van der Waals surface area (Å²) < 4.78 is 6.54. The average molecular weight is 796 g/mol. The molecule has 9 aromatic carbocycles. The van der Waals surface area contributed by atoms with E-state index in [9.17, 15) is 0 Å². The van der Waals surface area contributed by atoms with Crippen molar-refractivity contribution in [1.82, 2.24) is 0 Å². The normalized spacial score (nSPS) is 14.1. The quantitative estimate of drug-likeness (QED) is 0.167. The van der Waals surface area contributed by atoms with E-state index in [1.165, 1.54) is 72.3 Å². The first kappa shape index (κ1) is 36.4. The second kappa shape index (κ2) is 13.5. The van der Waals surface area contributed by atoms with Crippen molar-refractivity contribution in [3.8, 4) is 55.6 Å². The van der Waals surface area contributed by atoms with Gasteiger partial charge in [0.15, 0.2) is 0 Å². The van der Waals surface area contributed by atoms with Crippen molar-refractivity contribution in [3.05, 3.63) is 222 Å². The van der Waals surface area contributed by atoms with Gasteiger partial charge in [-0.2, -0.15) is 0 Å². The number of furan rings is 1. The molecule has 2 heteroatoms. The molecule has 296 valence electrons. The van der Waals surface area contributed by atoms with Crippen LogP contribution in [0.4, 0.5) is 17.1 Å². The minimum Gasteiger partial charge on any atom is -0.456 e. The molecule has 0 unspecified atom stereocenters. The molecule has 0 aliphatic heterocycles. The van der Waals surface area contributed by atoms with Crippen LogP contribution in [0.1, 0.15) is 49.9 Å². The van der Waals surface area contributed by atoms with E-state index in [2.05, 4.69) is 227 Å². The van der Waals surface area contributed by atoms with Gasteiger partial charge in [0, 0.05) is 44.6 Å². The van der Waals surface area contributed by atoms with E-state index in [0.717, 1.165) is 44.6 Å². The Bertz CT molecular complexity index is 3400. The highest BCUT2D eigenvalue weighted by Crippen LogP contribution is 2.53. The summed E-state index contributed by atoms with van der Waals surface area (Å²) in [5, 5.41) is 2.24. The molecular formula is C60H45NO. The van der Waals surface area contributed by atoms with Crippen LogP contribution in [0.25, 0.3) is 77.6 Å². The van der Waals surface area contributed by atoms with Gasteiger partial charge >= 0.3 is 0 Å². The maximum Gasteiger partial charge on any atom is 0.137 e. The summed E-state index contributed by atoms with van der Waals surface area (Å²) in [6, 6.07) is 73.6. The monoisotopic (exact) mass is 795 g/mol. The van der Waals surface area contributed by atoms with Crippen molar-refractivity contribution in [2.45, 2.75) is 38.5 Å². The standard InChI is InChI=1S/C60H45NO/c1-59(2)51-21-11-8-17-45(51)47-32-27-40(35-53(47)59)38-25-29-42(30-26-38)61(43-31-34-50-49-19-10-13-24-56(49)62-57(50)37-43)55-23-14-20-44(58(55)39-15-6-5-7-16-39)41-28-33-48-46-18-9-12-22-52(46)60(3,4)54(48)36-41/h5-37H,1-4H3. The topological polar surface area (TPSA) is 16.4 Å². The molecule has 0 bridgehead atoms. The molecule has 0 atom stereocenters. The van der Waals surface area contributed by atoms with Crippen LogP contribution in [0.3, 0.4) is 0 Å². The first-order valence-corrected chi connectivity index (χ1v) is 21.8. The fourth-order valence-corrected chi connectivity index (χ4v) is 10.7. The van der Waals surface area contributed by atoms with Crippen molar-refractivity contribution in [2.75, 3.05) is 4.90 Å². The Labute approximate surface area is 363 Å². The van der Waals surface area contributed by atoms with E-state index >= 15 is 0 Å². The number of rotatable bonds is 6. The van der Waals surface area contributed by atoms with E-state index in [1.807, 2.05) is 6.07 Å². The Kier molecular flexibility index (Phi) is 7.96. The number of anilines is 3. The highest BCUT2D eigenvalue weighted by atomic mass is 16.3. The van der Waals surface area contributed by atoms with Gasteiger partial charge in [0.05, 0.1) is 5.69 Å². The van der Waals surface area contributed by atoms with E-state index in [-0.39, 0.29) is 10.8 Å². The average Bonchev–Trinajstić information content (AvgIpc) is 3.88. The van der Waals surface area contributed by atoms with Crippen molar-refractivity contribution in [1.29, 1.82) is 0 Å². The lowest BCUT2D eigenvalue weighted by Crippen LogP contribution is -2.15. The maximum absolute atomic E-state index is 6.54. The number of nitrogens with zero attached hydrogens (tertiary/aromatic N) is 1. The molecule has 0 N–H and O–H groups in total. The van der Waals surface area contributed by atoms with Gasteiger partial charge in [-0.1, -0.05) is 173 Å². The summed E-state index contributed by atoms with van der Waals surface area (Å²) in [6.07, 6.45) is 0. The van der Waals surface area contributed by atoms with Gasteiger partial charge in [-0.25, -0.2) is 0 Å². The molecule has 0 saturated heterocycles. The molecule has 2 nitrogen and oxygen atoms in total. The zero-order valence-electron chi connectivity index (χ0n) is 35.4. The molecule has 0 saturated carbocycles. The molecule has 2 aliphatic carbocycles. The van der Waals surface area contributed by atoms with Crippen LogP contribution in [-0.4, -0.2) is 0 Å². The van der Waals surface area contributed by atoms with E-state index in [1.54, 1.807) is 0 Å². The fraction of sp³-hybridized carbons (Fsp3) is 0.100. The number of hydrogen-bond donors (Lipinski definition) is 0. The lowest BCUT2D eigenvalue weighted by atomic mass is 9.81. The lowest BCUT2D eigenvalue weighted by Gasteiger charge is -2.29. The third-order valence-corrected chi connectivity index (χ3v) is 13.9. The van der Waals surface area contributed by atoms with Gasteiger partial charge in [-0.15, -0.1) is 0 Å². The molecule has 0 amide bonds. The molecule has 1 heterocycles. The van der Waals surface area contributed by atoms with Gasteiger partial charge < -0.3 is 9.32 Å². The van der Waals surface area contributed by atoms with Crippen LogP contribution < -0.4 is 4.90 Å². The van der Waals surface area contributed by atoms with Crippen LogP contribution in [-0.2, 0) is 10.8 Å². The molecule has 0 radical (unpaired) electrons. The molecule has 0 spiro atoms. The second-order valence-electron chi connectivity index (χ2n) is 18.1. The highest BCUT2D eigenvalue weighted by Gasteiger charge is 2.37. The van der Waals surface area contributed by atoms with Crippen LogP contribution >= 0.6 is 0 Å². The van der Waals surface area contributed by atoms with Gasteiger partial charge in [0.25, 0.3) is 0 Å². The van der Waals surface area contributed by atoms with E-state index in [0.29, 0.717) is 0 Å². The number of hydrogen-bond acceptors (Lipinski definition) is 2. The summed E-state index contributed by atoms with van der Waals surface area (Å²) in [5.41, 5.74) is 22.8. The van der Waals surface area contributed by atoms with Gasteiger partial charge in [0.2, 0.25) is 0 Å². The fourth-order valence-electron chi connectivity index (χ4n) is 10.7. The lowest BCUT2D eigenvalue weighted by molar-refractivity contribution is 0.660. The second-order valence-corrected chi connectivity index (χ2v) is 18.1. The summed E-state index contributed by atoms with van der Waals surface area (Å²) in [6.45, 7) is 9.42. The molecular weight excluding hydrogens is 751 g/mol. The molecule has 0 fully saturated rings. The van der Waals surface area contributed by atoms with Crippen LogP contribution in [0.15, 0.2) is 205 Å². The number of para-hydroxylation sites is 1. The molecule has 1 aromatic heterocycles. The van der Waals surface area contributed by atoms with Crippen molar-refractivity contribution >= 4 is 39.0 Å². The van der Waals surface area contributed by atoms with E-state index in [4.69, 9.17) is 4.42 Å². The number of fused-ring (bicyclic) bond motifs is 9. The SMILES string of the molecule is CC1(C)c2ccccc2-c2ccc(-c3ccc(N(c4ccc5c(c4)oc4ccccc45)c4cccc(-c5ccc6c(c5)C(C)(C)c5ccccc5-6)c4-c4ccccc4)cc3)cc21. The Morgan fingerprint density at radius 3 is 1.58 bits per heavy atom. The third kappa shape index (κ3) is 5.43. The zero-order valence-corrected chi connectivity index (χ0v) is 35.4. The summed E-state index contributed by atoms with van der Waals surface area (Å²) in [7, 11) is 0. The zero-order chi connectivity index (χ0) is 41.7. The molecule has 2 aliphatic rings. The summed E-state index contributed by atoms with van der Waals surface area (Å²) in [5.74, 6) is 0. The van der Waals surface area contributed by atoms with Crippen molar-refractivity contribution < 1.29 is 4.42 Å². The van der Waals surface area contributed by atoms with Crippen LogP contribution in [0, 0.1) is 0 Å². The molecule has 10 aromatic rings. The van der Waals surface area contributed by atoms with Gasteiger partial charge in [-0.3, -0.25) is 0 Å². The molecule has 12 rings (SSSR count). The minimum atomic E-state index is -0.110. The predicted octanol–water partition coefficient (Wildman–Crippen LogP) is 16.7. The predicted molar refractivity (Wildman–Crippen MR) is 260 cm³/mol. The Morgan fingerprint density at radius 1 is 0.339 bits per heavy atom. The first-order valence-electron chi connectivity index (χ1n) is 21.8. The minimum absolute atomic E-state index is 0.0641. The van der Waals surface area contributed by atoms with Crippen LogP contribution in [0.5, 0.6) is 0 Å². The van der Waals surface area contributed by atoms with Crippen LogP contribution in [0.2, 0.25) is 0 Å². The summed E-state index contributed by atoms with van der Waals surface area (Å²) in [4.78, 5) is 2.41. The maximum atomic E-state index is 6.54. The van der Waals surface area contributed by atoms with E-state index < -0.39 is 0 Å². The highest BCUT2D eigenvalue weighted by molar-refractivity contribution is 6.07. The Morgan fingerprint density at radius 2 is 0.871 bits per heavy atom. The molecule has 62 heavy (non-hydrogen) atoms. The Balaban J connectivity index is 1.04. The van der Waals surface area contributed by atoms with Gasteiger partial charge in [0.1, 0.15) is 11.2 Å². The summed E-state index contributed by atoms with van der Waals surface area (Å²) >= 11 is 0. The first-order chi connectivity index (χ1) is 30.3. The van der Waals surface area contributed by atoms with Crippen molar-refractivity contribution in [2.24, 2.45) is 0 Å². The Hall–Kier alpha value is -7.42. The number of benzene rings is 9. The van der Waals surface area contributed by atoms with Crippen molar-refractivity contribution in [3.63, 3.8) is 0 Å². The smallest absolute Gasteiger partial charge is 0.137 e. The largest absolute Gasteiger partial charge is 0.456 e. The third-order valence-electron chi connectivity index (χ3n) is 13.9. The van der Waals surface area contributed by atoms with Gasteiger partial charge in [-0.05, 0) is 121 Å².